The first-order chi connectivity index (χ1) is 13.5. The highest BCUT2D eigenvalue weighted by molar-refractivity contribution is 5.99. The van der Waals surface area contributed by atoms with Gasteiger partial charge in [0.1, 0.15) is 5.69 Å². The van der Waals surface area contributed by atoms with E-state index in [2.05, 4.69) is 25.3 Å². The van der Waals surface area contributed by atoms with Crippen LogP contribution >= 0.6 is 0 Å². The predicted octanol–water partition coefficient (Wildman–Crippen LogP) is 3.77. The Morgan fingerprint density at radius 3 is 2.64 bits per heavy atom. The molecule has 0 unspecified atom stereocenters. The van der Waals surface area contributed by atoms with Gasteiger partial charge in [-0.25, -0.2) is 9.97 Å². The van der Waals surface area contributed by atoms with E-state index >= 15 is 0 Å². The summed E-state index contributed by atoms with van der Waals surface area (Å²) in [5, 5.41) is 4.20. The van der Waals surface area contributed by atoms with Crippen LogP contribution in [-0.4, -0.2) is 44.8 Å². The van der Waals surface area contributed by atoms with Gasteiger partial charge in [-0.3, -0.25) is 9.78 Å². The second-order valence-electron chi connectivity index (χ2n) is 6.75. The summed E-state index contributed by atoms with van der Waals surface area (Å²) in [6, 6.07) is 13.4. The van der Waals surface area contributed by atoms with E-state index < -0.39 is 0 Å². The molecule has 0 aliphatic rings. The van der Waals surface area contributed by atoms with Gasteiger partial charge in [-0.1, -0.05) is 6.07 Å². The van der Waals surface area contributed by atoms with Crippen molar-refractivity contribution in [3.05, 3.63) is 66.1 Å². The predicted molar refractivity (Wildman–Crippen MR) is 110 cm³/mol. The van der Waals surface area contributed by atoms with Crippen LogP contribution in [0.25, 0.3) is 22.3 Å². The van der Waals surface area contributed by atoms with E-state index in [1.165, 1.54) is 0 Å². The molecule has 28 heavy (non-hydrogen) atoms. The van der Waals surface area contributed by atoms with E-state index in [4.69, 9.17) is 0 Å². The number of benzene rings is 1. The van der Waals surface area contributed by atoms with Crippen molar-refractivity contribution < 1.29 is 4.79 Å². The average molecular weight is 372 g/mol. The molecule has 7 nitrogen and oxygen atoms in total. The standard InChI is InChI=1S/C21H20N6O/c1-13-10-15(11-14-12-18(25-19(13)14)20(28)27(2)3)24-21-23-9-7-17(26-21)16-6-4-5-8-22-16/h4-12,25H,1-3H3,(H,23,24,26). The lowest BCUT2D eigenvalue weighted by molar-refractivity contribution is 0.0823. The molecule has 0 fully saturated rings. The number of carbonyl (C=O) groups is 1. The largest absolute Gasteiger partial charge is 0.350 e. The fourth-order valence-corrected chi connectivity index (χ4v) is 3.06. The van der Waals surface area contributed by atoms with Crippen LogP contribution in [0, 0.1) is 6.92 Å². The highest BCUT2D eigenvalue weighted by Gasteiger charge is 2.13. The second-order valence-corrected chi connectivity index (χ2v) is 6.75. The molecule has 1 amide bonds. The number of aromatic amines is 1. The van der Waals surface area contributed by atoms with Crippen LogP contribution in [-0.2, 0) is 0 Å². The first kappa shape index (κ1) is 17.7. The molecule has 140 valence electrons. The first-order valence-electron chi connectivity index (χ1n) is 8.88. The number of rotatable bonds is 4. The van der Waals surface area contributed by atoms with E-state index in [0.717, 1.165) is 33.5 Å². The molecular weight excluding hydrogens is 352 g/mol. The molecule has 0 saturated carbocycles. The molecule has 0 aliphatic carbocycles. The van der Waals surface area contributed by atoms with Crippen molar-refractivity contribution in [3.63, 3.8) is 0 Å². The van der Waals surface area contributed by atoms with Crippen LogP contribution in [0.4, 0.5) is 11.6 Å². The minimum atomic E-state index is -0.0588. The summed E-state index contributed by atoms with van der Waals surface area (Å²) in [4.78, 5) is 30.2. The fraction of sp³-hybridized carbons (Fsp3) is 0.143. The number of aromatic nitrogens is 4. The molecule has 1 aromatic carbocycles. The maximum absolute atomic E-state index is 12.2. The molecule has 4 rings (SSSR count). The number of nitrogens with zero attached hydrogens (tertiary/aromatic N) is 4. The molecule has 0 aliphatic heterocycles. The lowest BCUT2D eigenvalue weighted by atomic mass is 10.1. The average Bonchev–Trinajstić information content (AvgIpc) is 3.13. The van der Waals surface area contributed by atoms with Gasteiger partial charge in [0, 0.05) is 43.1 Å². The first-order valence-corrected chi connectivity index (χ1v) is 8.88. The number of H-pyrrole nitrogens is 1. The zero-order chi connectivity index (χ0) is 19.7. The maximum Gasteiger partial charge on any atom is 0.269 e. The summed E-state index contributed by atoms with van der Waals surface area (Å²) in [6.45, 7) is 2.00. The van der Waals surface area contributed by atoms with Gasteiger partial charge in [0.15, 0.2) is 0 Å². The van der Waals surface area contributed by atoms with E-state index in [1.807, 2.05) is 49.4 Å². The van der Waals surface area contributed by atoms with Crippen molar-refractivity contribution in [1.82, 2.24) is 24.8 Å². The Balaban J connectivity index is 1.66. The highest BCUT2D eigenvalue weighted by atomic mass is 16.2. The van der Waals surface area contributed by atoms with Gasteiger partial charge in [0.2, 0.25) is 5.95 Å². The molecular formula is C21H20N6O. The van der Waals surface area contributed by atoms with Gasteiger partial charge < -0.3 is 15.2 Å². The summed E-state index contributed by atoms with van der Waals surface area (Å²) in [5.41, 5.74) is 4.92. The zero-order valence-electron chi connectivity index (χ0n) is 15.9. The molecule has 3 heterocycles. The number of amides is 1. The summed E-state index contributed by atoms with van der Waals surface area (Å²) >= 11 is 0. The van der Waals surface area contributed by atoms with Crippen molar-refractivity contribution in [2.24, 2.45) is 0 Å². The van der Waals surface area contributed by atoms with Gasteiger partial charge in [-0.2, -0.15) is 0 Å². The lowest BCUT2D eigenvalue weighted by Crippen LogP contribution is -2.21. The summed E-state index contributed by atoms with van der Waals surface area (Å²) in [7, 11) is 3.47. The number of aryl methyl sites for hydroxylation is 1. The van der Waals surface area contributed by atoms with Gasteiger partial charge in [-0.15, -0.1) is 0 Å². The molecule has 0 radical (unpaired) electrons. The SMILES string of the molecule is Cc1cc(Nc2nccc(-c3ccccn3)n2)cc2cc(C(=O)N(C)C)[nH]c12. The third-order valence-corrected chi connectivity index (χ3v) is 4.40. The van der Waals surface area contributed by atoms with Crippen molar-refractivity contribution in [2.75, 3.05) is 19.4 Å². The molecule has 7 heteroatoms. The number of hydrogen-bond acceptors (Lipinski definition) is 5. The molecule has 0 bridgehead atoms. The Morgan fingerprint density at radius 2 is 1.89 bits per heavy atom. The maximum atomic E-state index is 12.2. The Bertz CT molecular complexity index is 1150. The Morgan fingerprint density at radius 1 is 1.04 bits per heavy atom. The number of pyridine rings is 1. The Hall–Kier alpha value is -3.74. The van der Waals surface area contributed by atoms with E-state index in [9.17, 15) is 4.79 Å². The molecule has 4 aromatic rings. The molecule has 0 saturated heterocycles. The zero-order valence-corrected chi connectivity index (χ0v) is 15.9. The van der Waals surface area contributed by atoms with Crippen molar-refractivity contribution in [1.29, 1.82) is 0 Å². The number of fused-ring (bicyclic) bond motifs is 1. The van der Waals surface area contributed by atoms with Gasteiger partial charge in [-0.05, 0) is 48.9 Å². The topological polar surface area (TPSA) is 86.8 Å². The lowest BCUT2D eigenvalue weighted by Gasteiger charge is -2.08. The van der Waals surface area contributed by atoms with E-state index in [0.29, 0.717) is 11.6 Å². The normalized spacial score (nSPS) is 10.8. The molecule has 3 aromatic heterocycles. The van der Waals surface area contributed by atoms with E-state index in [-0.39, 0.29) is 5.91 Å². The number of nitrogens with one attached hydrogen (secondary N) is 2. The van der Waals surface area contributed by atoms with Crippen LogP contribution < -0.4 is 5.32 Å². The van der Waals surface area contributed by atoms with Crippen molar-refractivity contribution in [3.8, 4) is 11.4 Å². The van der Waals surface area contributed by atoms with Crippen LogP contribution in [0.15, 0.2) is 54.9 Å². The Kier molecular flexibility index (Phi) is 4.49. The summed E-state index contributed by atoms with van der Waals surface area (Å²) < 4.78 is 0. The number of carbonyl (C=O) groups excluding carboxylic acids is 1. The minimum absolute atomic E-state index is 0.0588. The molecule has 2 N–H and O–H groups in total. The van der Waals surface area contributed by atoms with Gasteiger partial charge in [0.25, 0.3) is 5.91 Å². The molecule has 0 atom stereocenters. The van der Waals surface area contributed by atoms with E-state index in [1.54, 1.807) is 31.4 Å². The Labute approximate surface area is 162 Å². The number of anilines is 2. The van der Waals surface area contributed by atoms with Crippen molar-refractivity contribution in [2.45, 2.75) is 6.92 Å². The van der Waals surface area contributed by atoms with Gasteiger partial charge >= 0.3 is 0 Å². The monoisotopic (exact) mass is 372 g/mol. The smallest absolute Gasteiger partial charge is 0.269 e. The van der Waals surface area contributed by atoms with Crippen LogP contribution in [0.5, 0.6) is 0 Å². The van der Waals surface area contributed by atoms with Crippen molar-refractivity contribution >= 4 is 28.4 Å². The van der Waals surface area contributed by atoms with Crippen LogP contribution in [0.2, 0.25) is 0 Å². The fourth-order valence-electron chi connectivity index (χ4n) is 3.06. The second kappa shape index (κ2) is 7.11. The van der Waals surface area contributed by atoms with Crippen LogP contribution in [0.1, 0.15) is 16.1 Å². The quantitative estimate of drug-likeness (QED) is 0.569. The highest BCUT2D eigenvalue weighted by Crippen LogP contribution is 2.26. The minimum Gasteiger partial charge on any atom is -0.350 e. The molecule has 0 spiro atoms. The summed E-state index contributed by atoms with van der Waals surface area (Å²) in [5.74, 6) is 0.429. The van der Waals surface area contributed by atoms with Gasteiger partial charge in [0.05, 0.1) is 11.4 Å². The third kappa shape index (κ3) is 3.42. The summed E-state index contributed by atoms with van der Waals surface area (Å²) in [6.07, 6.45) is 3.44. The van der Waals surface area contributed by atoms with Crippen LogP contribution in [0.3, 0.4) is 0 Å². The number of hydrogen-bond donors (Lipinski definition) is 2. The third-order valence-electron chi connectivity index (χ3n) is 4.40.